The van der Waals surface area contributed by atoms with Crippen molar-refractivity contribution in [2.24, 2.45) is 0 Å². The Balaban J connectivity index is 2.73. The number of carbonyl (C=O) groups is 1. The van der Waals surface area contributed by atoms with Crippen molar-refractivity contribution >= 4 is 11.6 Å². The maximum Gasteiger partial charge on any atom is 0.254 e. The molecule has 0 aliphatic carbocycles. The van der Waals surface area contributed by atoms with Crippen molar-refractivity contribution in [2.75, 3.05) is 26.4 Å². The second-order valence-corrected chi connectivity index (χ2v) is 5.17. The number of amides is 1. The molecule has 19 heavy (non-hydrogen) atoms. The molecule has 4 nitrogen and oxygen atoms in total. The van der Waals surface area contributed by atoms with Crippen LogP contribution in [0.25, 0.3) is 0 Å². The van der Waals surface area contributed by atoms with E-state index in [9.17, 15) is 9.18 Å². The summed E-state index contributed by atoms with van der Waals surface area (Å²) in [4.78, 5) is 14.0. The summed E-state index contributed by atoms with van der Waals surface area (Å²) in [6.45, 7) is 4.36. The molecule has 0 heterocycles. The molecule has 3 N–H and O–H groups in total. The van der Waals surface area contributed by atoms with Gasteiger partial charge in [-0.25, -0.2) is 4.39 Å². The van der Waals surface area contributed by atoms with Crippen LogP contribution in [0.2, 0.25) is 0 Å². The lowest BCUT2D eigenvalue weighted by Crippen LogP contribution is -2.35. The van der Waals surface area contributed by atoms with Gasteiger partial charge < -0.3 is 16.0 Å². The summed E-state index contributed by atoms with van der Waals surface area (Å²) in [6, 6.07) is 2.87. The molecule has 0 spiro atoms. The van der Waals surface area contributed by atoms with Gasteiger partial charge in [0.25, 0.3) is 5.91 Å². The van der Waals surface area contributed by atoms with Crippen LogP contribution in [0.3, 0.4) is 0 Å². The lowest BCUT2D eigenvalue weighted by atomic mass is 10.1. The van der Waals surface area contributed by atoms with Crippen LogP contribution in [0.5, 0.6) is 0 Å². The molecule has 1 rings (SSSR count). The van der Waals surface area contributed by atoms with Crippen LogP contribution in [0, 0.1) is 12.7 Å². The minimum atomic E-state index is -0.508. The van der Waals surface area contributed by atoms with Gasteiger partial charge in [0.15, 0.2) is 0 Å². The number of halogens is 1. The average Bonchev–Trinajstić information content (AvgIpc) is 2.31. The first-order chi connectivity index (χ1) is 8.81. The molecule has 0 bridgehead atoms. The Bertz CT molecular complexity index is 460. The molecule has 106 valence electrons. The number of benzene rings is 1. The molecule has 1 aromatic rings. The summed E-state index contributed by atoms with van der Waals surface area (Å²) in [5.74, 6) is -0.925. The van der Waals surface area contributed by atoms with E-state index < -0.39 is 11.7 Å². The van der Waals surface area contributed by atoms with Gasteiger partial charge in [-0.15, -0.1) is 0 Å². The largest absolute Gasteiger partial charge is 0.399 e. The van der Waals surface area contributed by atoms with Gasteiger partial charge in [0.05, 0.1) is 5.56 Å². The highest BCUT2D eigenvalue weighted by molar-refractivity contribution is 5.95. The highest BCUT2D eigenvalue weighted by Crippen LogP contribution is 2.17. The van der Waals surface area contributed by atoms with Crippen LogP contribution in [-0.2, 0) is 0 Å². The lowest BCUT2D eigenvalue weighted by Gasteiger charge is -2.17. The Morgan fingerprint density at radius 3 is 2.68 bits per heavy atom. The Morgan fingerprint density at radius 2 is 2.11 bits per heavy atom. The fourth-order valence-electron chi connectivity index (χ4n) is 1.79. The molecule has 0 saturated heterocycles. The maximum absolute atomic E-state index is 13.9. The Morgan fingerprint density at radius 1 is 1.47 bits per heavy atom. The van der Waals surface area contributed by atoms with E-state index in [-0.39, 0.29) is 11.6 Å². The van der Waals surface area contributed by atoms with E-state index in [1.807, 2.05) is 25.9 Å². The van der Waals surface area contributed by atoms with Crippen molar-refractivity contribution in [2.45, 2.75) is 26.3 Å². The summed E-state index contributed by atoms with van der Waals surface area (Å²) in [5.41, 5.74) is 6.42. The number of anilines is 1. The molecule has 0 aliphatic rings. The summed E-state index contributed by atoms with van der Waals surface area (Å²) in [6.07, 6.45) is 0.807. The van der Waals surface area contributed by atoms with E-state index in [1.165, 1.54) is 12.1 Å². The molecule has 0 saturated carbocycles. The van der Waals surface area contributed by atoms with Crippen LogP contribution >= 0.6 is 0 Å². The number of nitrogens with zero attached hydrogens (tertiary/aromatic N) is 1. The Kier molecular flexibility index (Phi) is 5.30. The quantitative estimate of drug-likeness (QED) is 0.800. The van der Waals surface area contributed by atoms with Gasteiger partial charge in [-0.2, -0.15) is 0 Å². The van der Waals surface area contributed by atoms with Crippen molar-refractivity contribution in [3.05, 3.63) is 29.1 Å². The molecule has 1 unspecified atom stereocenters. The first-order valence-corrected chi connectivity index (χ1v) is 6.32. The predicted octanol–water partition coefficient (Wildman–Crippen LogP) is 1.79. The number of carbonyl (C=O) groups excluding carboxylic acids is 1. The summed E-state index contributed by atoms with van der Waals surface area (Å²) >= 11 is 0. The zero-order chi connectivity index (χ0) is 14.6. The summed E-state index contributed by atoms with van der Waals surface area (Å²) < 4.78 is 13.9. The van der Waals surface area contributed by atoms with Gasteiger partial charge in [0.2, 0.25) is 0 Å². The molecule has 1 atom stereocenters. The van der Waals surface area contributed by atoms with Crippen LogP contribution < -0.4 is 11.1 Å². The normalized spacial score (nSPS) is 12.5. The third kappa shape index (κ3) is 4.52. The van der Waals surface area contributed by atoms with Crippen molar-refractivity contribution in [3.8, 4) is 0 Å². The van der Waals surface area contributed by atoms with Crippen molar-refractivity contribution in [3.63, 3.8) is 0 Å². The average molecular weight is 267 g/mol. The first kappa shape index (κ1) is 15.4. The fourth-order valence-corrected chi connectivity index (χ4v) is 1.79. The zero-order valence-corrected chi connectivity index (χ0v) is 12.0. The Hall–Kier alpha value is -1.62. The van der Waals surface area contributed by atoms with Crippen molar-refractivity contribution in [1.29, 1.82) is 0 Å². The van der Waals surface area contributed by atoms with E-state index >= 15 is 0 Å². The highest BCUT2D eigenvalue weighted by atomic mass is 19.1. The second-order valence-electron chi connectivity index (χ2n) is 5.17. The van der Waals surface area contributed by atoms with Gasteiger partial charge in [-0.1, -0.05) is 0 Å². The first-order valence-electron chi connectivity index (χ1n) is 6.32. The molecule has 0 fully saturated rings. The van der Waals surface area contributed by atoms with Gasteiger partial charge in [0.1, 0.15) is 5.82 Å². The van der Waals surface area contributed by atoms with Crippen LogP contribution in [-0.4, -0.2) is 37.5 Å². The van der Waals surface area contributed by atoms with Gasteiger partial charge in [0, 0.05) is 11.7 Å². The minimum Gasteiger partial charge on any atom is -0.399 e. The SMILES string of the molecule is Cc1cc(N)cc(C(=O)NC(C)CCN(C)C)c1F. The Labute approximate surface area is 113 Å². The number of nitrogen functional groups attached to an aromatic ring is 1. The molecule has 1 aromatic carbocycles. The second kappa shape index (κ2) is 6.52. The third-order valence-corrected chi connectivity index (χ3v) is 2.91. The van der Waals surface area contributed by atoms with Gasteiger partial charge in [-0.3, -0.25) is 4.79 Å². The lowest BCUT2D eigenvalue weighted by molar-refractivity contribution is 0.0932. The topological polar surface area (TPSA) is 58.4 Å². The zero-order valence-electron chi connectivity index (χ0n) is 12.0. The van der Waals surface area contributed by atoms with Crippen LogP contribution in [0.15, 0.2) is 12.1 Å². The van der Waals surface area contributed by atoms with Crippen LogP contribution in [0.1, 0.15) is 29.3 Å². The number of nitrogens with one attached hydrogen (secondary N) is 1. The van der Waals surface area contributed by atoms with Gasteiger partial charge in [-0.05, 0) is 58.6 Å². The van der Waals surface area contributed by atoms with Crippen LogP contribution in [0.4, 0.5) is 10.1 Å². The number of hydrogen-bond acceptors (Lipinski definition) is 3. The van der Waals surface area contributed by atoms with Gasteiger partial charge >= 0.3 is 0 Å². The summed E-state index contributed by atoms with van der Waals surface area (Å²) in [7, 11) is 3.94. The van der Waals surface area contributed by atoms with Crippen molar-refractivity contribution < 1.29 is 9.18 Å². The number of nitrogens with two attached hydrogens (primary N) is 1. The fraction of sp³-hybridized carbons (Fsp3) is 0.500. The predicted molar refractivity (Wildman–Crippen MR) is 75.6 cm³/mol. The molecule has 0 aromatic heterocycles. The maximum atomic E-state index is 13.9. The van der Waals surface area contributed by atoms with E-state index in [2.05, 4.69) is 5.32 Å². The standard InChI is InChI=1S/C14H22FN3O/c1-9-7-11(16)8-12(13(9)15)14(19)17-10(2)5-6-18(3)4/h7-8,10H,5-6,16H2,1-4H3,(H,17,19). The minimum absolute atomic E-state index is 0.00852. The molecule has 1 amide bonds. The number of rotatable bonds is 5. The summed E-state index contributed by atoms with van der Waals surface area (Å²) in [5, 5.41) is 2.79. The van der Waals surface area contributed by atoms with E-state index in [4.69, 9.17) is 5.73 Å². The van der Waals surface area contributed by atoms with E-state index in [1.54, 1.807) is 6.92 Å². The van der Waals surface area contributed by atoms with Crippen molar-refractivity contribution in [1.82, 2.24) is 10.2 Å². The van der Waals surface area contributed by atoms with E-state index in [0.29, 0.717) is 11.3 Å². The molecule has 5 heteroatoms. The third-order valence-electron chi connectivity index (χ3n) is 2.91. The van der Waals surface area contributed by atoms with E-state index in [0.717, 1.165) is 13.0 Å². The molecule has 0 radical (unpaired) electrons. The monoisotopic (exact) mass is 267 g/mol. The number of hydrogen-bond donors (Lipinski definition) is 2. The smallest absolute Gasteiger partial charge is 0.254 e. The molecular formula is C14H22FN3O. The number of aryl methyl sites for hydroxylation is 1. The molecular weight excluding hydrogens is 245 g/mol. The molecule has 0 aliphatic heterocycles. The highest BCUT2D eigenvalue weighted by Gasteiger charge is 2.16.